The number of hydrogen-bond acceptors (Lipinski definition) is 6. The molecule has 0 spiro atoms. The normalized spacial score (nSPS) is 13.2. The Balaban J connectivity index is 3.00. The largest absolute Gasteiger partial charge is 0.416 e. The van der Waals surface area contributed by atoms with Gasteiger partial charge < -0.3 is 20.6 Å². The third-order valence-corrected chi connectivity index (χ3v) is 2.24. The second-order valence-electron chi connectivity index (χ2n) is 3.75. The molecule has 0 saturated carbocycles. The molecule has 0 aliphatic carbocycles. The summed E-state index contributed by atoms with van der Waals surface area (Å²) >= 11 is 0. The van der Waals surface area contributed by atoms with Crippen LogP contribution in [0.15, 0.2) is 12.1 Å². The van der Waals surface area contributed by atoms with Gasteiger partial charge in [0.2, 0.25) is 0 Å². The third kappa shape index (κ3) is 4.54. The van der Waals surface area contributed by atoms with Gasteiger partial charge in [0.05, 0.1) is 24.8 Å². The summed E-state index contributed by atoms with van der Waals surface area (Å²) < 4.78 is 42.8. The lowest BCUT2D eigenvalue weighted by Gasteiger charge is -2.17. The molecule has 0 fully saturated rings. The predicted molar refractivity (Wildman–Crippen MR) is 63.4 cm³/mol. The van der Waals surface area contributed by atoms with Crippen molar-refractivity contribution in [3.05, 3.63) is 17.7 Å². The van der Waals surface area contributed by atoms with Gasteiger partial charge in [0, 0.05) is 7.11 Å². The fraction of sp³-hybridized carbons (Fsp3) is 0.500. The van der Waals surface area contributed by atoms with Crippen molar-refractivity contribution in [3.63, 3.8) is 0 Å². The molecule has 0 bridgehead atoms. The van der Waals surface area contributed by atoms with E-state index in [0.717, 1.165) is 12.1 Å². The van der Waals surface area contributed by atoms with E-state index in [1.54, 1.807) is 0 Å². The number of aliphatic hydroxyl groups excluding tert-OH is 1. The van der Waals surface area contributed by atoms with Gasteiger partial charge in [0.15, 0.2) is 0 Å². The average Bonchev–Trinajstić information content (AvgIpc) is 2.36. The molecule has 1 rings (SSSR count). The molecular formula is C10H15F3N4O2. The van der Waals surface area contributed by atoms with Crippen LogP contribution >= 0.6 is 0 Å². The Labute approximate surface area is 107 Å². The van der Waals surface area contributed by atoms with Gasteiger partial charge >= 0.3 is 6.18 Å². The summed E-state index contributed by atoms with van der Waals surface area (Å²) in [6, 6.07) is 1.06. The fourth-order valence-corrected chi connectivity index (χ4v) is 1.39. The molecular weight excluding hydrogens is 265 g/mol. The Morgan fingerprint density at radius 1 is 1.42 bits per heavy atom. The van der Waals surface area contributed by atoms with E-state index < -0.39 is 17.8 Å². The first-order valence-electron chi connectivity index (χ1n) is 5.33. The molecule has 0 amide bonds. The zero-order valence-electron chi connectivity index (χ0n) is 10.2. The first-order chi connectivity index (χ1) is 8.90. The van der Waals surface area contributed by atoms with E-state index >= 15 is 0 Å². The number of pyridine rings is 1. The second kappa shape index (κ2) is 6.55. The molecule has 108 valence electrons. The topological polar surface area (TPSA) is 92.4 Å². The van der Waals surface area contributed by atoms with Crippen molar-refractivity contribution in [1.82, 2.24) is 4.98 Å². The number of hydrazine groups is 1. The Hall–Kier alpha value is -1.58. The number of nitrogens with one attached hydrogen (secondary N) is 2. The minimum Gasteiger partial charge on any atom is -0.394 e. The highest BCUT2D eigenvalue weighted by molar-refractivity contribution is 5.49. The Kier molecular flexibility index (Phi) is 5.33. The van der Waals surface area contributed by atoms with Crippen LogP contribution < -0.4 is 16.6 Å². The quantitative estimate of drug-likeness (QED) is 0.455. The lowest BCUT2D eigenvalue weighted by molar-refractivity contribution is -0.137. The summed E-state index contributed by atoms with van der Waals surface area (Å²) in [6.45, 7) is -0.184. The van der Waals surface area contributed by atoms with Crippen LogP contribution in [0.3, 0.4) is 0 Å². The number of nitrogen functional groups attached to an aromatic ring is 1. The molecule has 9 heteroatoms. The maximum atomic E-state index is 12.7. The average molecular weight is 280 g/mol. The van der Waals surface area contributed by atoms with Crippen LogP contribution in [0.2, 0.25) is 0 Å². The minimum absolute atomic E-state index is 0.0566. The van der Waals surface area contributed by atoms with Crippen molar-refractivity contribution in [2.45, 2.75) is 12.2 Å². The molecule has 5 N–H and O–H groups in total. The Bertz CT molecular complexity index is 414. The molecule has 0 radical (unpaired) electrons. The van der Waals surface area contributed by atoms with Gasteiger partial charge in [-0.05, 0) is 12.1 Å². The number of alkyl halides is 3. The van der Waals surface area contributed by atoms with Crippen molar-refractivity contribution < 1.29 is 23.0 Å². The van der Waals surface area contributed by atoms with Crippen LogP contribution in [0.25, 0.3) is 0 Å². The van der Waals surface area contributed by atoms with E-state index in [2.05, 4.69) is 15.7 Å². The molecule has 0 aliphatic heterocycles. The minimum atomic E-state index is -4.51. The molecule has 6 nitrogen and oxygen atoms in total. The first-order valence-corrected chi connectivity index (χ1v) is 5.33. The van der Waals surface area contributed by atoms with Crippen molar-refractivity contribution in [2.75, 3.05) is 31.1 Å². The van der Waals surface area contributed by atoms with Gasteiger partial charge in [0.25, 0.3) is 0 Å². The summed E-state index contributed by atoms with van der Waals surface area (Å²) in [5.74, 6) is 4.88. The monoisotopic (exact) mass is 280 g/mol. The number of methoxy groups -OCH3 is 1. The van der Waals surface area contributed by atoms with Gasteiger partial charge in [-0.1, -0.05) is 0 Å². The molecule has 0 saturated heterocycles. The molecule has 1 aromatic rings. The van der Waals surface area contributed by atoms with E-state index in [0.29, 0.717) is 0 Å². The summed E-state index contributed by atoms with van der Waals surface area (Å²) in [5, 5.41) is 11.7. The van der Waals surface area contributed by atoms with E-state index in [1.807, 2.05) is 0 Å². The van der Waals surface area contributed by atoms with Crippen molar-refractivity contribution in [3.8, 4) is 0 Å². The van der Waals surface area contributed by atoms with Crippen LogP contribution in [0.4, 0.5) is 24.8 Å². The Morgan fingerprint density at radius 2 is 2.05 bits per heavy atom. The van der Waals surface area contributed by atoms with Crippen LogP contribution in [0.5, 0.6) is 0 Å². The standard InChI is InChI=1S/C10H15F3N4O2/c1-19-5-7(4-18)15-8-2-6(10(11,12)13)3-9(16-8)17-14/h2-3,7,18H,4-5,14H2,1H3,(H2,15,16,17). The molecule has 0 aliphatic rings. The number of aromatic nitrogens is 1. The number of nitrogens with two attached hydrogens (primary N) is 1. The Morgan fingerprint density at radius 3 is 2.53 bits per heavy atom. The van der Waals surface area contributed by atoms with Gasteiger partial charge in [-0.2, -0.15) is 13.2 Å². The molecule has 1 aromatic heterocycles. The summed E-state index contributed by atoms with van der Waals surface area (Å²) in [5.41, 5.74) is 1.16. The van der Waals surface area contributed by atoms with Crippen molar-refractivity contribution >= 4 is 11.6 Å². The van der Waals surface area contributed by atoms with Gasteiger partial charge in [-0.15, -0.1) is 0 Å². The highest BCUT2D eigenvalue weighted by Crippen LogP contribution is 2.31. The maximum absolute atomic E-state index is 12.7. The number of anilines is 2. The number of hydrogen-bond donors (Lipinski definition) is 4. The lowest BCUT2D eigenvalue weighted by atomic mass is 10.2. The zero-order chi connectivity index (χ0) is 14.5. The van der Waals surface area contributed by atoms with E-state index in [1.165, 1.54) is 7.11 Å². The second-order valence-corrected chi connectivity index (χ2v) is 3.75. The van der Waals surface area contributed by atoms with Crippen molar-refractivity contribution in [2.24, 2.45) is 5.84 Å². The molecule has 1 atom stereocenters. The molecule has 1 unspecified atom stereocenters. The molecule has 0 aromatic carbocycles. The van der Waals surface area contributed by atoms with E-state index in [4.69, 9.17) is 15.7 Å². The van der Waals surface area contributed by atoms with E-state index in [9.17, 15) is 13.2 Å². The SMILES string of the molecule is COCC(CO)Nc1cc(C(F)(F)F)cc(NN)n1. The first kappa shape index (κ1) is 15.5. The lowest BCUT2D eigenvalue weighted by Crippen LogP contribution is -2.29. The summed E-state index contributed by atoms with van der Waals surface area (Å²) in [7, 11) is 1.41. The maximum Gasteiger partial charge on any atom is 0.416 e. The molecule has 1 heterocycles. The number of aliphatic hydroxyl groups is 1. The zero-order valence-corrected chi connectivity index (χ0v) is 10.2. The van der Waals surface area contributed by atoms with Gasteiger partial charge in [0.1, 0.15) is 11.6 Å². The molecule has 19 heavy (non-hydrogen) atoms. The third-order valence-electron chi connectivity index (χ3n) is 2.24. The van der Waals surface area contributed by atoms with Crippen LogP contribution in [-0.2, 0) is 10.9 Å². The highest BCUT2D eigenvalue weighted by atomic mass is 19.4. The summed E-state index contributed by atoms with van der Waals surface area (Å²) in [6.07, 6.45) is -4.51. The van der Waals surface area contributed by atoms with Crippen LogP contribution in [0.1, 0.15) is 5.56 Å². The smallest absolute Gasteiger partial charge is 0.394 e. The summed E-state index contributed by atoms with van der Waals surface area (Å²) in [4.78, 5) is 3.82. The number of halogens is 3. The van der Waals surface area contributed by atoms with Gasteiger partial charge in [-0.3, -0.25) is 0 Å². The van der Waals surface area contributed by atoms with Gasteiger partial charge in [-0.25, -0.2) is 10.8 Å². The number of rotatable bonds is 6. The number of nitrogens with zero attached hydrogens (tertiary/aromatic N) is 1. The highest BCUT2D eigenvalue weighted by Gasteiger charge is 2.31. The fourth-order valence-electron chi connectivity index (χ4n) is 1.39. The number of ether oxygens (including phenoxy) is 1. The van der Waals surface area contributed by atoms with Crippen molar-refractivity contribution in [1.29, 1.82) is 0 Å². The predicted octanol–water partition coefficient (Wildman–Crippen LogP) is 0.805. The van der Waals surface area contributed by atoms with Crippen LogP contribution in [0, 0.1) is 0 Å². The van der Waals surface area contributed by atoms with E-state index in [-0.39, 0.29) is 24.8 Å². The van der Waals surface area contributed by atoms with Crippen LogP contribution in [-0.4, -0.2) is 36.5 Å².